The molecule has 0 radical (unpaired) electrons. The Labute approximate surface area is 151 Å². The lowest BCUT2D eigenvalue weighted by molar-refractivity contribution is -0.122. The van der Waals surface area contributed by atoms with Crippen molar-refractivity contribution in [2.45, 2.75) is 25.3 Å². The number of amides is 2. The third-order valence-electron chi connectivity index (χ3n) is 4.35. The first-order valence-corrected chi connectivity index (χ1v) is 10.8. The number of carbonyl (C=O) groups is 2. The van der Waals surface area contributed by atoms with Crippen molar-refractivity contribution in [1.82, 2.24) is 13.9 Å². The Morgan fingerprint density at radius 1 is 1.08 bits per heavy atom. The topological polar surface area (TPSA) is 86.8 Å². The number of benzene rings is 1. The highest BCUT2D eigenvalue weighted by molar-refractivity contribution is 7.99. The second-order valence-corrected chi connectivity index (χ2v) is 8.76. The summed E-state index contributed by atoms with van der Waals surface area (Å²) in [7, 11) is -3.85. The van der Waals surface area contributed by atoms with Crippen LogP contribution in [0.5, 0.6) is 0 Å². The van der Waals surface area contributed by atoms with E-state index in [0.717, 1.165) is 19.3 Å². The molecule has 1 unspecified atom stereocenters. The number of piperidine rings is 1. The van der Waals surface area contributed by atoms with Crippen molar-refractivity contribution in [3.8, 4) is 0 Å². The molecule has 25 heavy (non-hydrogen) atoms. The van der Waals surface area contributed by atoms with Gasteiger partial charge < -0.3 is 4.90 Å². The van der Waals surface area contributed by atoms with Gasteiger partial charge in [-0.25, -0.2) is 4.72 Å². The molecule has 0 saturated carbocycles. The van der Waals surface area contributed by atoms with E-state index < -0.39 is 22.2 Å². The molecule has 2 aliphatic rings. The Morgan fingerprint density at radius 3 is 2.44 bits per heavy atom. The Balaban J connectivity index is 1.69. The van der Waals surface area contributed by atoms with Crippen LogP contribution in [0.3, 0.4) is 0 Å². The van der Waals surface area contributed by atoms with E-state index in [1.807, 2.05) is 6.07 Å². The molecule has 1 aromatic carbocycles. The normalized spacial score (nSPS) is 21.9. The summed E-state index contributed by atoms with van der Waals surface area (Å²) >= 11 is 1.44. The first-order valence-electron chi connectivity index (χ1n) is 8.24. The van der Waals surface area contributed by atoms with Gasteiger partial charge in [-0.15, -0.1) is 11.8 Å². The number of hydrogen-bond acceptors (Lipinski definition) is 5. The van der Waals surface area contributed by atoms with E-state index in [1.165, 1.54) is 21.0 Å². The van der Waals surface area contributed by atoms with Crippen LogP contribution in [0.4, 0.5) is 0 Å². The van der Waals surface area contributed by atoms with E-state index >= 15 is 0 Å². The van der Waals surface area contributed by atoms with Gasteiger partial charge in [-0.2, -0.15) is 12.7 Å². The van der Waals surface area contributed by atoms with E-state index in [0.29, 0.717) is 30.3 Å². The Morgan fingerprint density at radius 2 is 1.76 bits per heavy atom. The zero-order valence-corrected chi connectivity index (χ0v) is 15.4. The molecule has 0 aromatic heterocycles. The van der Waals surface area contributed by atoms with E-state index in [-0.39, 0.29) is 5.91 Å². The molecule has 1 atom stereocenters. The zero-order chi connectivity index (χ0) is 17.9. The highest BCUT2D eigenvalue weighted by Crippen LogP contribution is 2.24. The molecule has 136 valence electrons. The van der Waals surface area contributed by atoms with Crippen LogP contribution in [0.25, 0.3) is 0 Å². The molecule has 1 aromatic rings. The van der Waals surface area contributed by atoms with Crippen LogP contribution in [-0.4, -0.2) is 60.2 Å². The maximum Gasteiger partial charge on any atom is 0.303 e. The van der Waals surface area contributed by atoms with Gasteiger partial charge in [-0.3, -0.25) is 9.59 Å². The van der Waals surface area contributed by atoms with Crippen LogP contribution in [-0.2, 0) is 15.0 Å². The lowest BCUT2D eigenvalue weighted by atomic mass is 10.2. The predicted molar refractivity (Wildman–Crippen MR) is 96.2 cm³/mol. The van der Waals surface area contributed by atoms with Gasteiger partial charge in [0, 0.05) is 24.4 Å². The molecule has 9 heteroatoms. The number of nitrogens with zero attached hydrogens (tertiary/aromatic N) is 2. The van der Waals surface area contributed by atoms with Gasteiger partial charge in [0.15, 0.2) is 0 Å². The average molecular weight is 383 g/mol. The summed E-state index contributed by atoms with van der Waals surface area (Å²) < 4.78 is 28.2. The third-order valence-corrected chi connectivity index (χ3v) is 6.87. The molecule has 3 rings (SSSR count). The van der Waals surface area contributed by atoms with Crippen molar-refractivity contribution in [1.29, 1.82) is 0 Å². The zero-order valence-electron chi connectivity index (χ0n) is 13.8. The first kappa shape index (κ1) is 18.2. The molecule has 2 aliphatic heterocycles. The molecule has 7 nitrogen and oxygen atoms in total. The van der Waals surface area contributed by atoms with Crippen LogP contribution in [0.2, 0.25) is 0 Å². The summed E-state index contributed by atoms with van der Waals surface area (Å²) in [6, 6.07) is 7.91. The van der Waals surface area contributed by atoms with Crippen LogP contribution >= 0.6 is 11.8 Å². The van der Waals surface area contributed by atoms with E-state index in [9.17, 15) is 18.0 Å². The Bertz CT molecular complexity index is 733. The average Bonchev–Trinajstić information content (AvgIpc) is 3.12. The van der Waals surface area contributed by atoms with Crippen LogP contribution < -0.4 is 4.72 Å². The molecule has 1 N–H and O–H groups in total. The molecule has 2 amide bonds. The number of rotatable bonds is 4. The summed E-state index contributed by atoms with van der Waals surface area (Å²) in [6.07, 6.45) is 2.60. The van der Waals surface area contributed by atoms with E-state index in [1.54, 1.807) is 24.3 Å². The van der Waals surface area contributed by atoms with Gasteiger partial charge in [0.1, 0.15) is 6.04 Å². The second kappa shape index (κ2) is 7.76. The van der Waals surface area contributed by atoms with Crippen molar-refractivity contribution < 1.29 is 18.0 Å². The number of carbonyl (C=O) groups excluding carboxylic acids is 2. The van der Waals surface area contributed by atoms with Gasteiger partial charge in [-0.05, 0) is 25.0 Å². The van der Waals surface area contributed by atoms with E-state index in [2.05, 4.69) is 4.72 Å². The number of thioether (sulfide) groups is 1. The first-order chi connectivity index (χ1) is 12.0. The molecule has 2 fully saturated rings. The Kier molecular flexibility index (Phi) is 5.65. The van der Waals surface area contributed by atoms with Gasteiger partial charge in [-0.1, -0.05) is 24.6 Å². The smallest absolute Gasteiger partial charge is 0.303 e. The SMILES string of the molecule is O=C(NS(=O)(=O)N1CCCCC1)C1CSCN1C(=O)c1ccccc1. The lowest BCUT2D eigenvalue weighted by Gasteiger charge is -2.28. The summed E-state index contributed by atoms with van der Waals surface area (Å²) in [6.45, 7) is 0.851. The largest absolute Gasteiger partial charge is 0.316 e. The quantitative estimate of drug-likeness (QED) is 0.840. The highest BCUT2D eigenvalue weighted by atomic mass is 32.2. The van der Waals surface area contributed by atoms with E-state index in [4.69, 9.17) is 0 Å². The van der Waals surface area contributed by atoms with Gasteiger partial charge in [0.25, 0.3) is 11.8 Å². The summed E-state index contributed by atoms with van der Waals surface area (Å²) in [4.78, 5) is 26.6. The van der Waals surface area contributed by atoms with Crippen LogP contribution in [0, 0.1) is 0 Å². The standard InChI is InChI=1S/C16H21N3O4S2/c20-15(17-25(22,23)18-9-5-2-6-10-18)14-11-24-12-19(14)16(21)13-7-3-1-4-8-13/h1,3-4,7-8,14H,2,5-6,9-12H2,(H,17,20). The molecule has 0 bridgehead atoms. The monoisotopic (exact) mass is 383 g/mol. The molecular weight excluding hydrogens is 362 g/mol. The molecular formula is C16H21N3O4S2. The molecule has 0 aliphatic carbocycles. The minimum Gasteiger partial charge on any atom is -0.316 e. The summed E-state index contributed by atoms with van der Waals surface area (Å²) in [5.41, 5.74) is 0.488. The van der Waals surface area contributed by atoms with Crippen LogP contribution in [0.15, 0.2) is 30.3 Å². The second-order valence-electron chi connectivity index (χ2n) is 6.09. The van der Waals surface area contributed by atoms with Crippen LogP contribution in [0.1, 0.15) is 29.6 Å². The van der Waals surface area contributed by atoms with Gasteiger partial charge in [0.05, 0.1) is 5.88 Å². The van der Waals surface area contributed by atoms with Gasteiger partial charge >= 0.3 is 10.2 Å². The fourth-order valence-electron chi connectivity index (χ4n) is 2.97. The van der Waals surface area contributed by atoms with Crippen molar-refractivity contribution >= 4 is 33.8 Å². The fraction of sp³-hybridized carbons (Fsp3) is 0.500. The van der Waals surface area contributed by atoms with Crippen molar-refractivity contribution in [3.05, 3.63) is 35.9 Å². The predicted octanol–water partition coefficient (Wildman–Crippen LogP) is 1.05. The maximum absolute atomic E-state index is 12.6. The lowest BCUT2D eigenvalue weighted by Crippen LogP contribution is -2.52. The molecule has 2 heterocycles. The minimum absolute atomic E-state index is 0.263. The molecule has 2 saturated heterocycles. The van der Waals surface area contributed by atoms with Crippen molar-refractivity contribution in [3.63, 3.8) is 0 Å². The highest BCUT2D eigenvalue weighted by Gasteiger charge is 2.37. The number of nitrogens with one attached hydrogen (secondary N) is 1. The number of hydrogen-bond donors (Lipinski definition) is 1. The summed E-state index contributed by atoms with van der Waals surface area (Å²) in [5.74, 6) is -0.142. The minimum atomic E-state index is -3.85. The maximum atomic E-state index is 12.6. The Hall–Kier alpha value is -1.58. The van der Waals surface area contributed by atoms with Crippen molar-refractivity contribution in [2.75, 3.05) is 24.7 Å². The van der Waals surface area contributed by atoms with Gasteiger partial charge in [0.2, 0.25) is 0 Å². The van der Waals surface area contributed by atoms with Crippen molar-refractivity contribution in [2.24, 2.45) is 0 Å². The summed E-state index contributed by atoms with van der Waals surface area (Å²) in [5, 5.41) is 0. The molecule has 0 spiro atoms. The third kappa shape index (κ3) is 4.16. The fourth-order valence-corrected chi connectivity index (χ4v) is 5.38.